The minimum atomic E-state index is -3.58. The van der Waals surface area contributed by atoms with Crippen LogP contribution in [0.1, 0.15) is 19.5 Å². The normalized spacial score (nSPS) is 12.1. The van der Waals surface area contributed by atoms with Gasteiger partial charge in [0.15, 0.2) is 10.8 Å². The number of hydrogen-bond donors (Lipinski definition) is 0. The first-order chi connectivity index (χ1) is 14.9. The van der Waals surface area contributed by atoms with Crippen LogP contribution in [0, 0.1) is 0 Å². The molecular weight excluding hydrogens is 458 g/mol. The van der Waals surface area contributed by atoms with Crippen molar-refractivity contribution in [2.24, 2.45) is 0 Å². The van der Waals surface area contributed by atoms with E-state index in [0.29, 0.717) is 46.3 Å². The summed E-state index contributed by atoms with van der Waals surface area (Å²) >= 11 is 7.59. The molecule has 0 unspecified atom stereocenters. The lowest BCUT2D eigenvalue weighted by Crippen LogP contribution is -2.30. The highest BCUT2D eigenvalue weighted by molar-refractivity contribution is 7.98. The Morgan fingerprint density at radius 1 is 1.13 bits per heavy atom. The van der Waals surface area contributed by atoms with Gasteiger partial charge >= 0.3 is 0 Å². The van der Waals surface area contributed by atoms with Crippen LogP contribution in [0.5, 0.6) is 0 Å². The molecule has 4 rings (SSSR count). The molecular formula is C20H20ClN5O3S2. The zero-order valence-corrected chi connectivity index (χ0v) is 19.3. The monoisotopic (exact) mass is 477 g/mol. The molecule has 0 spiro atoms. The molecule has 0 aliphatic heterocycles. The zero-order valence-electron chi connectivity index (χ0n) is 16.9. The standard InChI is InChI=1S/C20H20ClN5O3S2/c1-3-25(4-2)31(27,28)15-9-10-18-23-24-20(26(18)11-15)30-13-14-12-29-19(22-14)16-7-5-6-8-17(16)21/h5-12H,3-4,13H2,1-2H3. The van der Waals surface area contributed by atoms with Crippen LogP contribution in [0.2, 0.25) is 5.02 Å². The van der Waals surface area contributed by atoms with Crippen LogP contribution in [-0.2, 0) is 15.8 Å². The van der Waals surface area contributed by atoms with Crippen molar-refractivity contribution in [3.05, 3.63) is 59.6 Å². The van der Waals surface area contributed by atoms with Crippen molar-refractivity contribution in [2.75, 3.05) is 13.1 Å². The second-order valence-corrected chi connectivity index (χ2v) is 9.87. The van der Waals surface area contributed by atoms with Gasteiger partial charge < -0.3 is 4.42 Å². The molecule has 0 bridgehead atoms. The number of aromatic nitrogens is 4. The highest BCUT2D eigenvalue weighted by Crippen LogP contribution is 2.29. The molecule has 0 aliphatic carbocycles. The molecule has 0 radical (unpaired) electrons. The van der Waals surface area contributed by atoms with Crippen molar-refractivity contribution in [3.63, 3.8) is 0 Å². The third kappa shape index (κ3) is 4.33. The summed E-state index contributed by atoms with van der Waals surface area (Å²) in [5, 5.41) is 9.44. The van der Waals surface area contributed by atoms with E-state index in [1.807, 2.05) is 32.0 Å². The van der Waals surface area contributed by atoms with Crippen LogP contribution in [0.15, 0.2) is 63.3 Å². The number of oxazole rings is 1. The fraction of sp³-hybridized carbons (Fsp3) is 0.250. The van der Waals surface area contributed by atoms with Crippen LogP contribution >= 0.6 is 23.4 Å². The number of benzene rings is 1. The molecule has 0 amide bonds. The van der Waals surface area contributed by atoms with Gasteiger partial charge in [-0.2, -0.15) is 4.31 Å². The second kappa shape index (κ2) is 8.99. The molecule has 0 saturated heterocycles. The summed E-state index contributed by atoms with van der Waals surface area (Å²) in [4.78, 5) is 4.69. The van der Waals surface area contributed by atoms with Gasteiger partial charge in [-0.1, -0.05) is 49.3 Å². The first-order valence-corrected chi connectivity index (χ1v) is 12.4. The van der Waals surface area contributed by atoms with E-state index in [1.54, 1.807) is 35.1 Å². The van der Waals surface area contributed by atoms with E-state index in [2.05, 4.69) is 15.2 Å². The summed E-state index contributed by atoms with van der Waals surface area (Å²) in [6.45, 7) is 4.43. The number of rotatable bonds is 8. The maximum Gasteiger partial charge on any atom is 0.244 e. The van der Waals surface area contributed by atoms with Crippen molar-refractivity contribution in [1.29, 1.82) is 0 Å². The molecule has 0 fully saturated rings. The third-order valence-electron chi connectivity index (χ3n) is 4.69. The second-order valence-electron chi connectivity index (χ2n) is 6.58. The number of fused-ring (bicyclic) bond motifs is 1. The van der Waals surface area contributed by atoms with Crippen molar-refractivity contribution in [1.82, 2.24) is 23.9 Å². The summed E-state index contributed by atoms with van der Waals surface area (Å²) in [6, 6.07) is 10.5. The quantitative estimate of drug-likeness (QED) is 0.348. The van der Waals surface area contributed by atoms with E-state index in [0.717, 1.165) is 5.56 Å². The first-order valence-electron chi connectivity index (χ1n) is 9.61. The van der Waals surface area contributed by atoms with Gasteiger partial charge in [-0.3, -0.25) is 4.40 Å². The third-order valence-corrected chi connectivity index (χ3v) is 8.03. The van der Waals surface area contributed by atoms with Crippen LogP contribution < -0.4 is 0 Å². The molecule has 0 aliphatic rings. The van der Waals surface area contributed by atoms with Gasteiger partial charge in [0.05, 0.1) is 21.2 Å². The molecule has 0 N–H and O–H groups in total. The molecule has 1 aromatic carbocycles. The molecule has 8 nitrogen and oxygen atoms in total. The van der Waals surface area contributed by atoms with Crippen LogP contribution in [0.25, 0.3) is 17.1 Å². The molecule has 3 heterocycles. The lowest BCUT2D eigenvalue weighted by molar-refractivity contribution is 0.445. The van der Waals surface area contributed by atoms with Crippen molar-refractivity contribution < 1.29 is 12.8 Å². The number of nitrogens with zero attached hydrogens (tertiary/aromatic N) is 5. The predicted octanol–water partition coefficient (Wildman–Crippen LogP) is 4.36. The van der Waals surface area contributed by atoms with E-state index in [4.69, 9.17) is 16.0 Å². The Kier molecular flexibility index (Phi) is 6.33. The van der Waals surface area contributed by atoms with E-state index in [9.17, 15) is 8.42 Å². The van der Waals surface area contributed by atoms with Crippen molar-refractivity contribution in [3.8, 4) is 11.5 Å². The molecule has 0 saturated carbocycles. The van der Waals surface area contributed by atoms with Gasteiger partial charge in [0.25, 0.3) is 0 Å². The molecule has 3 aromatic heterocycles. The summed E-state index contributed by atoms with van der Waals surface area (Å²) in [5.41, 5.74) is 2.00. The fourth-order valence-electron chi connectivity index (χ4n) is 3.08. The lowest BCUT2D eigenvalue weighted by Gasteiger charge is -2.18. The van der Waals surface area contributed by atoms with E-state index in [1.165, 1.54) is 16.1 Å². The average Bonchev–Trinajstić information content (AvgIpc) is 3.40. The van der Waals surface area contributed by atoms with Gasteiger partial charge in [-0.05, 0) is 24.3 Å². The molecule has 4 aromatic rings. The number of thioether (sulfide) groups is 1. The Labute approximate surface area is 189 Å². The molecule has 11 heteroatoms. The number of halogens is 1. The van der Waals surface area contributed by atoms with Gasteiger partial charge in [0, 0.05) is 25.0 Å². The Morgan fingerprint density at radius 2 is 1.90 bits per heavy atom. The van der Waals surface area contributed by atoms with Crippen LogP contribution in [0.3, 0.4) is 0 Å². The fourth-order valence-corrected chi connectivity index (χ4v) is 5.55. The Balaban J connectivity index is 1.57. The van der Waals surface area contributed by atoms with Crippen molar-refractivity contribution in [2.45, 2.75) is 29.7 Å². The van der Waals surface area contributed by atoms with E-state index < -0.39 is 10.0 Å². The maximum atomic E-state index is 12.8. The van der Waals surface area contributed by atoms with Gasteiger partial charge in [-0.25, -0.2) is 13.4 Å². The molecule has 31 heavy (non-hydrogen) atoms. The average molecular weight is 478 g/mol. The minimum Gasteiger partial charge on any atom is -0.444 e. The number of sulfonamides is 1. The predicted molar refractivity (Wildman–Crippen MR) is 120 cm³/mol. The van der Waals surface area contributed by atoms with E-state index in [-0.39, 0.29) is 4.90 Å². The van der Waals surface area contributed by atoms with Crippen LogP contribution in [-0.4, -0.2) is 45.4 Å². The molecule has 0 atom stereocenters. The Hall–Kier alpha value is -2.40. The largest absolute Gasteiger partial charge is 0.444 e. The number of hydrogen-bond acceptors (Lipinski definition) is 7. The summed E-state index contributed by atoms with van der Waals surface area (Å²) in [5.74, 6) is 0.918. The van der Waals surface area contributed by atoms with Crippen molar-refractivity contribution >= 4 is 39.0 Å². The summed E-state index contributed by atoms with van der Waals surface area (Å²) in [7, 11) is -3.58. The summed E-state index contributed by atoms with van der Waals surface area (Å²) in [6.07, 6.45) is 3.13. The SMILES string of the molecule is CCN(CC)S(=O)(=O)c1ccc2nnc(SCc3coc(-c4ccccc4Cl)n3)n2c1. The Morgan fingerprint density at radius 3 is 2.65 bits per heavy atom. The van der Waals surface area contributed by atoms with E-state index >= 15 is 0 Å². The topological polar surface area (TPSA) is 93.6 Å². The highest BCUT2D eigenvalue weighted by atomic mass is 35.5. The van der Waals surface area contributed by atoms with Crippen LogP contribution in [0.4, 0.5) is 0 Å². The Bertz CT molecular complexity index is 1320. The lowest BCUT2D eigenvalue weighted by atomic mass is 10.2. The highest BCUT2D eigenvalue weighted by Gasteiger charge is 2.23. The zero-order chi connectivity index (χ0) is 22.0. The number of pyridine rings is 1. The smallest absolute Gasteiger partial charge is 0.244 e. The summed E-state index contributed by atoms with van der Waals surface area (Å²) < 4.78 is 34.4. The minimum absolute atomic E-state index is 0.202. The first kappa shape index (κ1) is 21.8. The van der Waals surface area contributed by atoms with Gasteiger partial charge in [0.2, 0.25) is 15.9 Å². The van der Waals surface area contributed by atoms with Gasteiger partial charge in [-0.15, -0.1) is 10.2 Å². The molecule has 162 valence electrons. The maximum absolute atomic E-state index is 12.8. The van der Waals surface area contributed by atoms with Gasteiger partial charge in [0.1, 0.15) is 6.26 Å².